The van der Waals surface area contributed by atoms with Crippen LogP contribution < -0.4 is 5.32 Å². The summed E-state index contributed by atoms with van der Waals surface area (Å²) in [6, 6.07) is 0.483. The Hall–Kier alpha value is -0.630. The van der Waals surface area contributed by atoms with Gasteiger partial charge in [0.2, 0.25) is 0 Å². The van der Waals surface area contributed by atoms with Crippen molar-refractivity contribution in [1.29, 1.82) is 0 Å². The van der Waals surface area contributed by atoms with E-state index in [0.29, 0.717) is 17.9 Å². The van der Waals surface area contributed by atoms with Gasteiger partial charge in [0.15, 0.2) is 5.78 Å². The van der Waals surface area contributed by atoms with Crippen molar-refractivity contribution < 1.29 is 4.79 Å². The number of nitrogens with one attached hydrogen (secondary N) is 1. The highest BCUT2D eigenvalue weighted by Gasteiger charge is 2.10. The van der Waals surface area contributed by atoms with E-state index in [2.05, 4.69) is 39.1 Å². The Bertz CT molecular complexity index is 254. The van der Waals surface area contributed by atoms with E-state index < -0.39 is 0 Å². The highest BCUT2D eigenvalue weighted by molar-refractivity contribution is 5.93. The topological polar surface area (TPSA) is 29.1 Å². The van der Waals surface area contributed by atoms with E-state index in [1.165, 1.54) is 0 Å². The first-order chi connectivity index (χ1) is 7.86. The second-order valence-electron chi connectivity index (χ2n) is 5.73. The van der Waals surface area contributed by atoms with Crippen LogP contribution in [0.25, 0.3) is 0 Å². The van der Waals surface area contributed by atoms with Gasteiger partial charge in [-0.3, -0.25) is 4.79 Å². The monoisotopic (exact) mass is 239 g/mol. The lowest BCUT2D eigenvalue weighted by atomic mass is 9.96. The highest BCUT2D eigenvalue weighted by Crippen LogP contribution is 2.15. The number of rotatable bonds is 8. The minimum Gasteiger partial charge on any atom is -0.317 e. The molecule has 0 unspecified atom stereocenters. The summed E-state index contributed by atoms with van der Waals surface area (Å²) >= 11 is 0. The molecule has 0 amide bonds. The zero-order chi connectivity index (χ0) is 13.4. The SMILES string of the molecule is CN[C@H](CC=C(CC(C)C)C(C)=O)CC(C)C. The molecule has 0 radical (unpaired) electrons. The number of allylic oxidation sites excluding steroid dienone is 1. The minimum absolute atomic E-state index is 0.220. The molecule has 0 bridgehead atoms. The quantitative estimate of drug-likeness (QED) is 0.656. The van der Waals surface area contributed by atoms with Crippen molar-refractivity contribution in [3.05, 3.63) is 11.6 Å². The largest absolute Gasteiger partial charge is 0.317 e. The van der Waals surface area contributed by atoms with Crippen LogP contribution in [-0.2, 0) is 4.79 Å². The molecule has 0 aliphatic rings. The van der Waals surface area contributed by atoms with Gasteiger partial charge in [-0.25, -0.2) is 0 Å². The third kappa shape index (κ3) is 8.14. The smallest absolute Gasteiger partial charge is 0.155 e. The summed E-state index contributed by atoms with van der Waals surface area (Å²) < 4.78 is 0. The normalized spacial score (nSPS) is 14.5. The Labute approximate surface area is 107 Å². The Morgan fingerprint density at radius 2 is 1.76 bits per heavy atom. The fraction of sp³-hybridized carbons (Fsp3) is 0.800. The fourth-order valence-electron chi connectivity index (χ4n) is 2.00. The van der Waals surface area contributed by atoms with Gasteiger partial charge in [0, 0.05) is 6.04 Å². The molecule has 0 saturated carbocycles. The van der Waals surface area contributed by atoms with E-state index in [1.54, 1.807) is 6.92 Å². The van der Waals surface area contributed by atoms with Gasteiger partial charge < -0.3 is 5.32 Å². The van der Waals surface area contributed by atoms with Crippen molar-refractivity contribution in [3.8, 4) is 0 Å². The number of hydrogen-bond donors (Lipinski definition) is 1. The Kier molecular flexibility index (Phi) is 8.15. The molecular formula is C15H29NO. The Morgan fingerprint density at radius 3 is 2.12 bits per heavy atom. The number of carbonyl (C=O) groups is 1. The average Bonchev–Trinajstić information content (AvgIpc) is 2.20. The van der Waals surface area contributed by atoms with Crippen LogP contribution in [0.4, 0.5) is 0 Å². The van der Waals surface area contributed by atoms with Crippen LogP contribution in [0.5, 0.6) is 0 Å². The van der Waals surface area contributed by atoms with Crippen molar-refractivity contribution >= 4 is 5.78 Å². The summed E-state index contributed by atoms with van der Waals surface area (Å²) in [6.45, 7) is 10.4. The van der Waals surface area contributed by atoms with Crippen LogP contribution in [0.1, 0.15) is 53.9 Å². The first-order valence-corrected chi connectivity index (χ1v) is 6.74. The third-order valence-corrected chi connectivity index (χ3v) is 2.89. The molecule has 0 heterocycles. The van der Waals surface area contributed by atoms with Crippen LogP contribution in [0.2, 0.25) is 0 Å². The van der Waals surface area contributed by atoms with Gasteiger partial charge >= 0.3 is 0 Å². The molecule has 0 saturated heterocycles. The Morgan fingerprint density at radius 1 is 1.18 bits per heavy atom. The van der Waals surface area contributed by atoms with Crippen molar-refractivity contribution in [2.75, 3.05) is 7.05 Å². The van der Waals surface area contributed by atoms with Gasteiger partial charge in [-0.1, -0.05) is 33.8 Å². The molecule has 0 aliphatic heterocycles. The molecule has 100 valence electrons. The van der Waals surface area contributed by atoms with Gasteiger partial charge in [0.1, 0.15) is 0 Å². The molecule has 0 aliphatic carbocycles. The van der Waals surface area contributed by atoms with E-state index in [0.717, 1.165) is 24.8 Å². The predicted octanol–water partition coefficient (Wildman–Crippen LogP) is 3.57. The molecular weight excluding hydrogens is 210 g/mol. The lowest BCUT2D eigenvalue weighted by molar-refractivity contribution is -0.113. The first kappa shape index (κ1) is 16.4. The van der Waals surface area contributed by atoms with Crippen LogP contribution in [0.3, 0.4) is 0 Å². The number of ketones is 1. The zero-order valence-corrected chi connectivity index (χ0v) is 12.3. The second-order valence-corrected chi connectivity index (χ2v) is 5.73. The molecule has 0 aromatic carbocycles. The van der Waals surface area contributed by atoms with Crippen LogP contribution in [-0.4, -0.2) is 18.9 Å². The molecule has 1 N–H and O–H groups in total. The second kappa shape index (κ2) is 8.46. The maximum absolute atomic E-state index is 11.5. The van der Waals surface area contributed by atoms with E-state index in [1.807, 2.05) is 7.05 Å². The average molecular weight is 239 g/mol. The number of hydrogen-bond acceptors (Lipinski definition) is 2. The summed E-state index contributed by atoms with van der Waals surface area (Å²) in [5, 5.41) is 3.33. The Balaban J connectivity index is 4.44. The molecule has 2 nitrogen and oxygen atoms in total. The minimum atomic E-state index is 0.220. The summed E-state index contributed by atoms with van der Waals surface area (Å²) in [4.78, 5) is 11.5. The predicted molar refractivity (Wildman–Crippen MR) is 75.1 cm³/mol. The maximum Gasteiger partial charge on any atom is 0.155 e. The summed E-state index contributed by atoms with van der Waals surface area (Å²) in [7, 11) is 2.00. The van der Waals surface area contributed by atoms with Crippen molar-refractivity contribution in [1.82, 2.24) is 5.32 Å². The summed E-state index contributed by atoms with van der Waals surface area (Å²) in [6.07, 6.45) is 5.13. The molecule has 0 fully saturated rings. The molecule has 0 rings (SSSR count). The van der Waals surface area contributed by atoms with Crippen LogP contribution in [0, 0.1) is 11.8 Å². The van der Waals surface area contributed by atoms with Crippen LogP contribution >= 0.6 is 0 Å². The molecule has 0 aromatic heterocycles. The molecule has 1 atom stereocenters. The van der Waals surface area contributed by atoms with Crippen molar-refractivity contribution in [3.63, 3.8) is 0 Å². The van der Waals surface area contributed by atoms with E-state index in [-0.39, 0.29) is 5.78 Å². The van der Waals surface area contributed by atoms with E-state index in [9.17, 15) is 4.79 Å². The van der Waals surface area contributed by atoms with Gasteiger partial charge in [-0.2, -0.15) is 0 Å². The molecule has 17 heavy (non-hydrogen) atoms. The lowest BCUT2D eigenvalue weighted by Crippen LogP contribution is -2.26. The molecule has 2 heteroatoms. The maximum atomic E-state index is 11.5. The van der Waals surface area contributed by atoms with Crippen LogP contribution in [0.15, 0.2) is 11.6 Å². The van der Waals surface area contributed by atoms with Gasteiger partial charge in [-0.15, -0.1) is 0 Å². The summed E-state index contributed by atoms with van der Waals surface area (Å²) in [5.74, 6) is 1.45. The van der Waals surface area contributed by atoms with Crippen molar-refractivity contribution in [2.45, 2.75) is 59.9 Å². The van der Waals surface area contributed by atoms with E-state index >= 15 is 0 Å². The summed E-state index contributed by atoms with van der Waals surface area (Å²) in [5.41, 5.74) is 0.990. The van der Waals surface area contributed by atoms with E-state index in [4.69, 9.17) is 0 Å². The van der Waals surface area contributed by atoms with Gasteiger partial charge in [0.25, 0.3) is 0 Å². The number of carbonyl (C=O) groups excluding carboxylic acids is 1. The number of Topliss-reactive ketones (excluding diaryl/α,β-unsaturated/α-hetero) is 1. The third-order valence-electron chi connectivity index (χ3n) is 2.89. The molecule has 0 spiro atoms. The zero-order valence-electron chi connectivity index (χ0n) is 12.3. The van der Waals surface area contributed by atoms with Gasteiger partial charge in [0.05, 0.1) is 0 Å². The highest BCUT2D eigenvalue weighted by atomic mass is 16.1. The lowest BCUT2D eigenvalue weighted by Gasteiger charge is -2.17. The van der Waals surface area contributed by atoms with Gasteiger partial charge in [-0.05, 0) is 50.6 Å². The fourth-order valence-corrected chi connectivity index (χ4v) is 2.00. The first-order valence-electron chi connectivity index (χ1n) is 6.74. The van der Waals surface area contributed by atoms with Crippen molar-refractivity contribution in [2.24, 2.45) is 11.8 Å². The molecule has 0 aromatic rings. The standard InChI is InChI=1S/C15H29NO/c1-11(2)9-14(13(5)17)7-8-15(16-6)10-12(3)4/h7,11-12,15-16H,8-10H2,1-6H3/t15-/m1/s1.